The van der Waals surface area contributed by atoms with Crippen LogP contribution in [-0.2, 0) is 9.59 Å². The highest BCUT2D eigenvalue weighted by Gasteiger charge is 2.34. The standard InChI is InChI=1S/C22H23IN2O4/c1-4-14(3)29-20-18(23)12-15(13-19(20)28-5-2)11-17-21(26)24-25(22(17)27)16-9-7-6-8-10-16/h6-14H,4-5H2,1-3H3,(H,24,26)/b17-11-/t14-/m1/s1. The minimum Gasteiger partial charge on any atom is -0.490 e. The van der Waals surface area contributed by atoms with E-state index in [-0.39, 0.29) is 11.7 Å². The lowest BCUT2D eigenvalue weighted by molar-refractivity contribution is -0.117. The minimum absolute atomic E-state index is 0.0496. The van der Waals surface area contributed by atoms with Crippen molar-refractivity contribution < 1.29 is 19.1 Å². The number of amides is 2. The summed E-state index contributed by atoms with van der Waals surface area (Å²) in [6, 6.07) is 12.7. The lowest BCUT2D eigenvalue weighted by Gasteiger charge is -2.18. The van der Waals surface area contributed by atoms with Gasteiger partial charge in [0, 0.05) is 0 Å². The van der Waals surface area contributed by atoms with Gasteiger partial charge in [-0.15, -0.1) is 0 Å². The highest BCUT2D eigenvalue weighted by atomic mass is 127. The van der Waals surface area contributed by atoms with Crippen molar-refractivity contribution in [3.8, 4) is 11.5 Å². The Bertz CT molecular complexity index is 943. The first-order valence-electron chi connectivity index (χ1n) is 9.49. The molecule has 1 heterocycles. The first-order valence-corrected chi connectivity index (χ1v) is 10.6. The monoisotopic (exact) mass is 506 g/mol. The van der Waals surface area contributed by atoms with Crippen molar-refractivity contribution in [1.82, 2.24) is 5.43 Å². The number of hydrogen-bond donors (Lipinski definition) is 1. The molecule has 152 valence electrons. The van der Waals surface area contributed by atoms with Crippen molar-refractivity contribution in [2.45, 2.75) is 33.3 Å². The number of halogens is 1. The Balaban J connectivity index is 1.95. The van der Waals surface area contributed by atoms with E-state index in [1.165, 1.54) is 5.01 Å². The molecule has 2 aromatic carbocycles. The third-order valence-electron chi connectivity index (χ3n) is 4.44. The predicted octanol–water partition coefficient (Wildman–Crippen LogP) is 4.33. The molecule has 1 saturated heterocycles. The smallest absolute Gasteiger partial charge is 0.282 e. The van der Waals surface area contributed by atoms with Crippen LogP contribution < -0.4 is 19.9 Å². The van der Waals surface area contributed by atoms with E-state index in [1.54, 1.807) is 24.3 Å². The number of anilines is 1. The SMILES string of the molecule is CCOc1cc(/C=C2/C(=O)NN(c3ccccc3)C2=O)cc(I)c1O[C@H](C)CC. The number of nitrogens with one attached hydrogen (secondary N) is 1. The van der Waals surface area contributed by atoms with Crippen LogP contribution in [0.25, 0.3) is 6.08 Å². The number of benzene rings is 2. The predicted molar refractivity (Wildman–Crippen MR) is 121 cm³/mol. The molecule has 0 bridgehead atoms. The van der Waals surface area contributed by atoms with Gasteiger partial charge in [-0.1, -0.05) is 25.1 Å². The van der Waals surface area contributed by atoms with E-state index in [0.717, 1.165) is 9.99 Å². The van der Waals surface area contributed by atoms with Crippen LogP contribution in [0.3, 0.4) is 0 Å². The molecule has 1 aliphatic heterocycles. The largest absolute Gasteiger partial charge is 0.490 e. The quantitative estimate of drug-likeness (QED) is 0.345. The third kappa shape index (κ3) is 4.72. The first-order chi connectivity index (χ1) is 13.9. The second-order valence-corrected chi connectivity index (χ2v) is 7.74. The van der Waals surface area contributed by atoms with Gasteiger partial charge in [0.15, 0.2) is 11.5 Å². The second kappa shape index (κ2) is 9.30. The number of hydrogen-bond acceptors (Lipinski definition) is 4. The lowest BCUT2D eigenvalue weighted by atomic mass is 10.1. The summed E-state index contributed by atoms with van der Waals surface area (Å²) in [4.78, 5) is 25.2. The zero-order valence-corrected chi connectivity index (χ0v) is 18.7. The van der Waals surface area contributed by atoms with E-state index >= 15 is 0 Å². The van der Waals surface area contributed by atoms with Gasteiger partial charge in [-0.3, -0.25) is 15.0 Å². The van der Waals surface area contributed by atoms with Crippen LogP contribution in [0, 0.1) is 3.57 Å². The number of ether oxygens (including phenoxy) is 2. The van der Waals surface area contributed by atoms with Gasteiger partial charge in [-0.05, 0) is 78.8 Å². The Labute approximate surface area is 184 Å². The number of carbonyl (C=O) groups excluding carboxylic acids is 2. The molecule has 1 atom stereocenters. The van der Waals surface area contributed by atoms with Crippen molar-refractivity contribution in [3.63, 3.8) is 0 Å². The molecule has 0 radical (unpaired) electrons. The van der Waals surface area contributed by atoms with E-state index in [2.05, 4.69) is 34.9 Å². The summed E-state index contributed by atoms with van der Waals surface area (Å²) < 4.78 is 12.6. The fraction of sp³-hybridized carbons (Fsp3) is 0.273. The Kier molecular flexibility index (Phi) is 6.79. The summed E-state index contributed by atoms with van der Waals surface area (Å²) >= 11 is 2.18. The molecule has 1 aliphatic rings. The molecule has 0 unspecified atom stereocenters. The zero-order chi connectivity index (χ0) is 21.0. The van der Waals surface area contributed by atoms with Crippen LogP contribution in [0.4, 0.5) is 5.69 Å². The van der Waals surface area contributed by atoms with Crippen LogP contribution in [0.1, 0.15) is 32.8 Å². The zero-order valence-electron chi connectivity index (χ0n) is 16.6. The van der Waals surface area contributed by atoms with Crippen molar-refractivity contribution in [2.24, 2.45) is 0 Å². The van der Waals surface area contributed by atoms with E-state index in [1.807, 2.05) is 38.1 Å². The van der Waals surface area contributed by atoms with Crippen LogP contribution in [0.2, 0.25) is 0 Å². The molecule has 0 saturated carbocycles. The fourth-order valence-corrected chi connectivity index (χ4v) is 3.57. The average Bonchev–Trinajstić information content (AvgIpc) is 2.99. The number of para-hydroxylation sites is 1. The molecule has 0 aliphatic carbocycles. The van der Waals surface area contributed by atoms with Gasteiger partial charge in [-0.2, -0.15) is 0 Å². The summed E-state index contributed by atoms with van der Waals surface area (Å²) in [5.41, 5.74) is 3.98. The van der Waals surface area contributed by atoms with E-state index in [9.17, 15) is 9.59 Å². The second-order valence-electron chi connectivity index (χ2n) is 6.57. The van der Waals surface area contributed by atoms with Gasteiger partial charge in [0.05, 0.1) is 22.0 Å². The molecule has 2 amide bonds. The fourth-order valence-electron chi connectivity index (χ4n) is 2.82. The molecule has 7 heteroatoms. The van der Waals surface area contributed by atoms with Gasteiger partial charge in [0.25, 0.3) is 11.8 Å². The molecule has 3 rings (SSSR count). The summed E-state index contributed by atoms with van der Waals surface area (Å²) in [5.74, 6) is 0.440. The van der Waals surface area contributed by atoms with Crippen LogP contribution >= 0.6 is 22.6 Å². The third-order valence-corrected chi connectivity index (χ3v) is 5.24. The Morgan fingerprint density at radius 3 is 2.55 bits per heavy atom. The van der Waals surface area contributed by atoms with Crippen molar-refractivity contribution in [2.75, 3.05) is 11.6 Å². The van der Waals surface area contributed by atoms with Crippen molar-refractivity contribution in [1.29, 1.82) is 0 Å². The number of carbonyl (C=O) groups is 2. The first kappa shape index (κ1) is 21.2. The molecule has 0 spiro atoms. The molecule has 1 fully saturated rings. The lowest BCUT2D eigenvalue weighted by Crippen LogP contribution is -2.35. The number of hydrazine groups is 1. The van der Waals surface area contributed by atoms with Gasteiger partial charge in [0.1, 0.15) is 5.57 Å². The Morgan fingerprint density at radius 1 is 1.17 bits per heavy atom. The topological polar surface area (TPSA) is 67.9 Å². The van der Waals surface area contributed by atoms with Crippen molar-refractivity contribution >= 4 is 46.2 Å². The maximum Gasteiger partial charge on any atom is 0.282 e. The highest BCUT2D eigenvalue weighted by Crippen LogP contribution is 2.36. The molecule has 0 aromatic heterocycles. The van der Waals surface area contributed by atoms with Crippen LogP contribution in [0.15, 0.2) is 48.0 Å². The molecule has 1 N–H and O–H groups in total. The summed E-state index contributed by atoms with van der Waals surface area (Å²) in [5, 5.41) is 1.25. The normalized spacial score (nSPS) is 16.1. The Hall–Kier alpha value is -2.55. The highest BCUT2D eigenvalue weighted by molar-refractivity contribution is 14.1. The van der Waals surface area contributed by atoms with E-state index in [0.29, 0.717) is 29.4 Å². The summed E-state index contributed by atoms with van der Waals surface area (Å²) in [6.07, 6.45) is 2.50. The average molecular weight is 506 g/mol. The Morgan fingerprint density at radius 2 is 1.90 bits per heavy atom. The molecule has 6 nitrogen and oxygen atoms in total. The summed E-state index contributed by atoms with van der Waals surface area (Å²) in [6.45, 7) is 6.44. The molecular formula is C22H23IN2O4. The van der Waals surface area contributed by atoms with Crippen molar-refractivity contribution in [3.05, 3.63) is 57.2 Å². The molecule has 29 heavy (non-hydrogen) atoms. The maximum atomic E-state index is 12.8. The van der Waals surface area contributed by atoms with Gasteiger partial charge >= 0.3 is 0 Å². The van der Waals surface area contributed by atoms with Gasteiger partial charge < -0.3 is 9.47 Å². The molecule has 2 aromatic rings. The number of rotatable bonds is 7. The van der Waals surface area contributed by atoms with E-state index in [4.69, 9.17) is 9.47 Å². The van der Waals surface area contributed by atoms with Crippen LogP contribution in [0.5, 0.6) is 11.5 Å². The van der Waals surface area contributed by atoms with Gasteiger partial charge in [-0.25, -0.2) is 5.01 Å². The van der Waals surface area contributed by atoms with Gasteiger partial charge in [0.2, 0.25) is 0 Å². The summed E-state index contributed by atoms with van der Waals surface area (Å²) in [7, 11) is 0. The molecular weight excluding hydrogens is 483 g/mol. The minimum atomic E-state index is -0.438. The maximum absolute atomic E-state index is 12.8. The van der Waals surface area contributed by atoms with Crippen LogP contribution in [-0.4, -0.2) is 24.5 Å². The number of nitrogens with zero attached hydrogens (tertiary/aromatic N) is 1. The van der Waals surface area contributed by atoms with E-state index < -0.39 is 11.8 Å².